The number of halogens is 1. The van der Waals surface area contributed by atoms with Gasteiger partial charge in [-0.1, -0.05) is 41.9 Å². The van der Waals surface area contributed by atoms with Crippen LogP contribution in [-0.4, -0.2) is 26.3 Å². The number of carbonyl (C=O) groups is 1. The molecule has 2 aromatic carbocycles. The van der Waals surface area contributed by atoms with Crippen LogP contribution in [0.4, 0.5) is 0 Å². The smallest absolute Gasteiger partial charge is 0.348 e. The highest BCUT2D eigenvalue weighted by Crippen LogP contribution is 2.47. The minimum Gasteiger partial charge on any atom is -0.493 e. The largest absolute Gasteiger partial charge is 0.493 e. The second-order valence-electron chi connectivity index (χ2n) is 7.22. The summed E-state index contributed by atoms with van der Waals surface area (Å²) in [6.07, 6.45) is -1.09. The van der Waals surface area contributed by atoms with Gasteiger partial charge in [0.25, 0.3) is 0 Å². The Bertz CT molecular complexity index is 1220. The van der Waals surface area contributed by atoms with E-state index < -0.39 is 23.6 Å². The molecule has 0 spiro atoms. The number of para-hydroxylation sites is 1. The molecule has 0 unspecified atom stereocenters. The maximum atomic E-state index is 12.8. The lowest BCUT2D eigenvalue weighted by Gasteiger charge is -2.21. The van der Waals surface area contributed by atoms with Crippen LogP contribution in [-0.2, 0) is 16.1 Å². The van der Waals surface area contributed by atoms with E-state index in [0.29, 0.717) is 27.8 Å². The molecule has 1 aliphatic rings. The van der Waals surface area contributed by atoms with Crippen molar-refractivity contribution in [2.24, 2.45) is 0 Å². The number of ether oxygens (including phenoxy) is 4. The number of fused-ring (bicyclic) bond motifs is 1. The molecule has 4 rings (SSSR count). The number of carbonyl (C=O) groups excluding carboxylic acids is 1. The van der Waals surface area contributed by atoms with Gasteiger partial charge in [0.15, 0.2) is 11.5 Å². The summed E-state index contributed by atoms with van der Waals surface area (Å²) in [6.45, 7) is 1.79. The molecular formula is C24H21ClO7. The SMILES string of the molecule is COC(=O)[C@H]1Oc2cc(C)oc(=O)c2[C@@H]1c1cccc(OC)c1OCc1ccccc1Cl. The van der Waals surface area contributed by atoms with Crippen molar-refractivity contribution in [2.45, 2.75) is 25.6 Å². The molecule has 3 aromatic rings. The maximum absolute atomic E-state index is 12.8. The number of methoxy groups -OCH3 is 2. The third-order valence-corrected chi connectivity index (χ3v) is 5.64. The molecule has 0 N–H and O–H groups in total. The molecule has 1 aromatic heterocycles. The van der Waals surface area contributed by atoms with Gasteiger partial charge in [-0.15, -0.1) is 0 Å². The minimum absolute atomic E-state index is 0.152. The van der Waals surface area contributed by atoms with E-state index in [0.717, 1.165) is 5.56 Å². The van der Waals surface area contributed by atoms with Crippen LogP contribution >= 0.6 is 11.6 Å². The summed E-state index contributed by atoms with van der Waals surface area (Å²) in [5.74, 6) is 0.0139. The van der Waals surface area contributed by atoms with Gasteiger partial charge in [0.2, 0.25) is 6.10 Å². The molecule has 0 saturated heterocycles. The summed E-state index contributed by atoms with van der Waals surface area (Å²) in [4.78, 5) is 25.4. The Morgan fingerprint density at radius 3 is 2.62 bits per heavy atom. The topological polar surface area (TPSA) is 84.2 Å². The van der Waals surface area contributed by atoms with Crippen molar-refractivity contribution in [2.75, 3.05) is 14.2 Å². The van der Waals surface area contributed by atoms with E-state index in [1.165, 1.54) is 14.2 Å². The van der Waals surface area contributed by atoms with Gasteiger partial charge in [-0.3, -0.25) is 0 Å². The Hall–Kier alpha value is -3.45. The Morgan fingerprint density at radius 1 is 1.12 bits per heavy atom. The first-order valence-corrected chi connectivity index (χ1v) is 10.2. The standard InChI is InChI=1S/C24H21ClO7/c1-13-11-18-20(23(26)31-13)19(22(32-18)24(27)29-3)15-8-6-10-17(28-2)21(15)30-12-14-7-4-5-9-16(14)25/h4-11,19,22H,12H2,1-3H3/t19-,22-/m0/s1. The Labute approximate surface area is 189 Å². The predicted octanol–water partition coefficient (Wildman–Crippen LogP) is 4.26. The van der Waals surface area contributed by atoms with Crippen LogP contribution in [0.1, 0.15) is 28.4 Å². The molecule has 32 heavy (non-hydrogen) atoms. The summed E-state index contributed by atoms with van der Waals surface area (Å²) in [5.41, 5.74) is 0.939. The molecule has 2 heterocycles. The average molecular weight is 457 g/mol. The fourth-order valence-electron chi connectivity index (χ4n) is 3.80. The highest BCUT2D eigenvalue weighted by molar-refractivity contribution is 6.31. The molecule has 0 saturated carbocycles. The third-order valence-electron chi connectivity index (χ3n) is 5.27. The molecule has 0 bridgehead atoms. The van der Waals surface area contributed by atoms with Crippen molar-refractivity contribution >= 4 is 17.6 Å². The van der Waals surface area contributed by atoms with E-state index in [1.54, 1.807) is 37.3 Å². The van der Waals surface area contributed by atoms with Crippen molar-refractivity contribution in [1.29, 1.82) is 0 Å². The van der Waals surface area contributed by atoms with Crippen LogP contribution in [0.5, 0.6) is 17.2 Å². The summed E-state index contributed by atoms with van der Waals surface area (Å²) < 4.78 is 27.7. The van der Waals surface area contributed by atoms with Crippen molar-refractivity contribution in [3.8, 4) is 17.2 Å². The van der Waals surface area contributed by atoms with E-state index in [1.807, 2.05) is 18.2 Å². The van der Waals surface area contributed by atoms with Crippen molar-refractivity contribution < 1.29 is 28.2 Å². The van der Waals surface area contributed by atoms with E-state index in [-0.39, 0.29) is 17.9 Å². The summed E-state index contributed by atoms with van der Waals surface area (Å²) in [6, 6.07) is 14.1. The van der Waals surface area contributed by atoms with Crippen molar-refractivity contribution in [1.82, 2.24) is 0 Å². The second kappa shape index (κ2) is 8.96. The van der Waals surface area contributed by atoms with Gasteiger partial charge >= 0.3 is 11.6 Å². The molecular weight excluding hydrogens is 436 g/mol. The minimum atomic E-state index is -1.09. The first-order chi connectivity index (χ1) is 15.4. The van der Waals surface area contributed by atoms with Crippen LogP contribution < -0.4 is 19.8 Å². The molecule has 0 fully saturated rings. The fourth-order valence-corrected chi connectivity index (χ4v) is 4.00. The van der Waals surface area contributed by atoms with Gasteiger partial charge in [-0.05, 0) is 19.1 Å². The number of benzene rings is 2. The quantitative estimate of drug-likeness (QED) is 0.512. The molecule has 7 nitrogen and oxygen atoms in total. The Kier molecular flexibility index (Phi) is 6.10. The fraction of sp³-hybridized carbons (Fsp3) is 0.250. The average Bonchev–Trinajstić information content (AvgIpc) is 3.17. The van der Waals surface area contributed by atoms with E-state index in [9.17, 15) is 9.59 Å². The molecule has 0 radical (unpaired) electrons. The van der Waals surface area contributed by atoms with E-state index in [4.69, 9.17) is 35.0 Å². The molecule has 1 aliphatic heterocycles. The normalized spacial score (nSPS) is 16.8. The highest BCUT2D eigenvalue weighted by atomic mass is 35.5. The second-order valence-corrected chi connectivity index (χ2v) is 7.63. The number of rotatable bonds is 6. The molecule has 8 heteroatoms. The molecule has 0 aliphatic carbocycles. The van der Waals surface area contributed by atoms with Gasteiger partial charge in [-0.25, -0.2) is 9.59 Å². The summed E-state index contributed by atoms with van der Waals surface area (Å²) >= 11 is 6.27. The van der Waals surface area contributed by atoms with Crippen LogP contribution in [0.25, 0.3) is 0 Å². The molecule has 2 atom stereocenters. The van der Waals surface area contributed by atoms with Gasteiger partial charge in [-0.2, -0.15) is 0 Å². The molecule has 0 amide bonds. The lowest BCUT2D eigenvalue weighted by Crippen LogP contribution is -2.32. The zero-order chi connectivity index (χ0) is 22.8. The van der Waals surface area contributed by atoms with Gasteiger partial charge in [0, 0.05) is 22.2 Å². The van der Waals surface area contributed by atoms with Crippen molar-refractivity contribution in [3.63, 3.8) is 0 Å². The lowest BCUT2D eigenvalue weighted by atomic mass is 9.88. The first kappa shape index (κ1) is 21.8. The number of hydrogen-bond acceptors (Lipinski definition) is 7. The maximum Gasteiger partial charge on any atom is 0.348 e. The van der Waals surface area contributed by atoms with Crippen molar-refractivity contribution in [3.05, 3.63) is 86.4 Å². The monoisotopic (exact) mass is 456 g/mol. The molecule has 166 valence electrons. The third kappa shape index (κ3) is 3.91. The first-order valence-electron chi connectivity index (χ1n) is 9.86. The zero-order valence-corrected chi connectivity index (χ0v) is 18.5. The van der Waals surface area contributed by atoms with Crippen LogP contribution in [0.3, 0.4) is 0 Å². The predicted molar refractivity (Wildman–Crippen MR) is 117 cm³/mol. The van der Waals surface area contributed by atoms with E-state index in [2.05, 4.69) is 0 Å². The van der Waals surface area contributed by atoms with E-state index >= 15 is 0 Å². The Morgan fingerprint density at radius 2 is 1.91 bits per heavy atom. The van der Waals surface area contributed by atoms with Crippen LogP contribution in [0.2, 0.25) is 5.02 Å². The highest BCUT2D eigenvalue weighted by Gasteiger charge is 2.45. The summed E-state index contributed by atoms with van der Waals surface area (Å²) in [7, 11) is 2.77. The number of hydrogen-bond donors (Lipinski definition) is 0. The van der Waals surface area contributed by atoms with Gasteiger partial charge in [0.05, 0.1) is 25.7 Å². The number of aryl methyl sites for hydroxylation is 1. The summed E-state index contributed by atoms with van der Waals surface area (Å²) in [5, 5.41) is 0.557. The Balaban J connectivity index is 1.84. The van der Waals surface area contributed by atoms with Gasteiger partial charge < -0.3 is 23.4 Å². The van der Waals surface area contributed by atoms with Crippen LogP contribution in [0.15, 0.2) is 57.7 Å². The van der Waals surface area contributed by atoms with Gasteiger partial charge in [0.1, 0.15) is 18.1 Å². The number of esters is 1. The van der Waals surface area contributed by atoms with Crippen LogP contribution in [0, 0.1) is 6.92 Å². The zero-order valence-electron chi connectivity index (χ0n) is 17.7. The lowest BCUT2D eigenvalue weighted by molar-refractivity contribution is -0.148.